The van der Waals surface area contributed by atoms with Crippen LogP contribution in [-0.4, -0.2) is 40.1 Å². The van der Waals surface area contributed by atoms with E-state index >= 15 is 0 Å². The fourth-order valence-corrected chi connectivity index (χ4v) is 4.07. The van der Waals surface area contributed by atoms with E-state index in [4.69, 9.17) is 9.47 Å². The SMILES string of the molecule is CCOC(=O)C(CC)([Se]c1ccccc1)C(=O)OCC. The number of esters is 2. The number of hydrogen-bond acceptors (Lipinski definition) is 4. The molecule has 0 aromatic heterocycles. The van der Waals surface area contributed by atoms with Gasteiger partial charge in [0.1, 0.15) is 0 Å². The van der Waals surface area contributed by atoms with Crippen LogP contribution in [0.4, 0.5) is 0 Å². The van der Waals surface area contributed by atoms with E-state index in [1.807, 2.05) is 37.3 Å². The molecule has 5 heteroatoms. The Balaban J connectivity index is 3.10. The Labute approximate surface area is 126 Å². The third kappa shape index (κ3) is 3.84. The number of carbonyl (C=O) groups excluding carboxylic acids is 2. The summed E-state index contributed by atoms with van der Waals surface area (Å²) in [5, 5.41) is 0. The van der Waals surface area contributed by atoms with Gasteiger partial charge in [0, 0.05) is 0 Å². The van der Waals surface area contributed by atoms with Crippen LogP contribution in [0.5, 0.6) is 0 Å². The molecule has 0 amide bonds. The van der Waals surface area contributed by atoms with Gasteiger partial charge in [-0.15, -0.1) is 0 Å². The van der Waals surface area contributed by atoms with Crippen molar-refractivity contribution in [1.82, 2.24) is 0 Å². The van der Waals surface area contributed by atoms with E-state index in [1.54, 1.807) is 13.8 Å². The standard InChI is InChI=1S/C15H20O4Se/c1-4-15(13(16)18-5-2,14(17)19-6-3)20-12-10-8-7-9-11-12/h7-11H,4-6H2,1-3H3. The maximum absolute atomic E-state index is 12.3. The second-order valence-corrected chi connectivity index (χ2v) is 6.92. The van der Waals surface area contributed by atoms with Gasteiger partial charge in [-0.1, -0.05) is 0 Å². The summed E-state index contributed by atoms with van der Waals surface area (Å²) in [7, 11) is 0. The van der Waals surface area contributed by atoms with Gasteiger partial charge in [-0.3, -0.25) is 0 Å². The monoisotopic (exact) mass is 344 g/mol. The molecule has 20 heavy (non-hydrogen) atoms. The Morgan fingerprint density at radius 2 is 1.50 bits per heavy atom. The summed E-state index contributed by atoms with van der Waals surface area (Å²) in [6.45, 7) is 5.80. The minimum atomic E-state index is -1.19. The Hall–Kier alpha value is -1.32. The second-order valence-electron chi connectivity index (χ2n) is 4.04. The van der Waals surface area contributed by atoms with E-state index in [9.17, 15) is 9.59 Å². The van der Waals surface area contributed by atoms with Gasteiger partial charge in [-0.25, -0.2) is 0 Å². The number of benzene rings is 1. The summed E-state index contributed by atoms with van der Waals surface area (Å²) in [5.74, 6) is -0.963. The van der Waals surface area contributed by atoms with Crippen LogP contribution in [0, 0.1) is 0 Å². The third-order valence-electron chi connectivity index (χ3n) is 2.74. The molecule has 0 bridgehead atoms. The van der Waals surface area contributed by atoms with Gasteiger partial charge in [0.15, 0.2) is 0 Å². The van der Waals surface area contributed by atoms with Gasteiger partial charge in [0.2, 0.25) is 0 Å². The van der Waals surface area contributed by atoms with Gasteiger partial charge in [0.05, 0.1) is 0 Å². The van der Waals surface area contributed by atoms with E-state index in [0.29, 0.717) is 6.42 Å². The van der Waals surface area contributed by atoms with Gasteiger partial charge < -0.3 is 0 Å². The molecule has 0 fully saturated rings. The van der Waals surface area contributed by atoms with Crippen molar-refractivity contribution in [3.63, 3.8) is 0 Å². The molecule has 0 unspecified atom stereocenters. The minimum absolute atomic E-state index is 0.255. The summed E-state index contributed by atoms with van der Waals surface area (Å²) in [4.78, 5) is 24.6. The van der Waals surface area contributed by atoms with Crippen LogP contribution in [0.1, 0.15) is 27.2 Å². The molecular formula is C15H20O4Se. The van der Waals surface area contributed by atoms with E-state index in [1.165, 1.54) is 0 Å². The molecule has 0 aliphatic rings. The van der Waals surface area contributed by atoms with Crippen LogP contribution in [0.2, 0.25) is 4.31 Å². The van der Waals surface area contributed by atoms with Crippen LogP contribution < -0.4 is 4.46 Å². The van der Waals surface area contributed by atoms with Gasteiger partial charge in [-0.05, 0) is 0 Å². The fourth-order valence-electron chi connectivity index (χ4n) is 1.71. The molecule has 1 rings (SSSR count). The Morgan fingerprint density at radius 1 is 1.00 bits per heavy atom. The van der Waals surface area contributed by atoms with Crippen LogP contribution in [0.25, 0.3) is 0 Å². The first-order valence-corrected chi connectivity index (χ1v) is 8.40. The summed E-state index contributed by atoms with van der Waals surface area (Å²) in [6, 6.07) is 9.54. The van der Waals surface area contributed by atoms with Crippen LogP contribution in [0.15, 0.2) is 30.3 Å². The number of ether oxygens (including phenoxy) is 2. The topological polar surface area (TPSA) is 52.6 Å². The zero-order valence-corrected chi connectivity index (χ0v) is 13.8. The van der Waals surface area contributed by atoms with Gasteiger partial charge in [0.25, 0.3) is 0 Å². The molecule has 0 radical (unpaired) electrons. The second kappa shape index (κ2) is 8.08. The number of rotatable bonds is 7. The molecule has 0 heterocycles. The molecule has 110 valence electrons. The molecule has 0 aliphatic carbocycles. The molecule has 4 nitrogen and oxygen atoms in total. The van der Waals surface area contributed by atoms with E-state index in [0.717, 1.165) is 4.46 Å². The van der Waals surface area contributed by atoms with E-state index in [-0.39, 0.29) is 28.2 Å². The molecule has 0 aliphatic heterocycles. The first-order valence-electron chi connectivity index (χ1n) is 6.69. The van der Waals surface area contributed by atoms with Gasteiger partial charge in [-0.2, -0.15) is 0 Å². The van der Waals surface area contributed by atoms with Crippen LogP contribution in [-0.2, 0) is 19.1 Å². The Bertz CT molecular complexity index is 426. The molecule has 0 N–H and O–H groups in total. The molecule has 1 aromatic rings. The van der Waals surface area contributed by atoms with Crippen molar-refractivity contribution in [2.75, 3.05) is 13.2 Å². The zero-order valence-electron chi connectivity index (χ0n) is 12.0. The average Bonchev–Trinajstić information content (AvgIpc) is 2.46. The van der Waals surface area contributed by atoms with Crippen molar-refractivity contribution in [2.45, 2.75) is 31.5 Å². The summed E-state index contributed by atoms with van der Waals surface area (Å²) in [6.07, 6.45) is 0.375. The quantitative estimate of drug-likeness (QED) is 0.430. The third-order valence-corrected chi connectivity index (χ3v) is 5.85. The van der Waals surface area contributed by atoms with E-state index in [2.05, 4.69) is 0 Å². The normalized spacial score (nSPS) is 10.9. The van der Waals surface area contributed by atoms with Crippen molar-refractivity contribution >= 4 is 31.4 Å². The van der Waals surface area contributed by atoms with Crippen molar-refractivity contribution in [1.29, 1.82) is 0 Å². The first kappa shape index (κ1) is 16.7. The Morgan fingerprint density at radius 3 is 1.90 bits per heavy atom. The first-order chi connectivity index (χ1) is 9.60. The molecule has 0 saturated carbocycles. The predicted molar refractivity (Wildman–Crippen MR) is 78.1 cm³/mol. The average molecular weight is 343 g/mol. The van der Waals surface area contributed by atoms with Gasteiger partial charge >= 0.3 is 125 Å². The fraction of sp³-hybridized carbons (Fsp3) is 0.467. The molecular weight excluding hydrogens is 323 g/mol. The maximum atomic E-state index is 12.3. The van der Waals surface area contributed by atoms with Crippen LogP contribution in [0.3, 0.4) is 0 Å². The Kier molecular flexibility index (Phi) is 6.76. The molecule has 0 saturated heterocycles. The van der Waals surface area contributed by atoms with Crippen molar-refractivity contribution in [2.24, 2.45) is 0 Å². The predicted octanol–water partition coefficient (Wildman–Crippen LogP) is 1.71. The van der Waals surface area contributed by atoms with Crippen LogP contribution >= 0.6 is 0 Å². The van der Waals surface area contributed by atoms with Crippen molar-refractivity contribution in [3.8, 4) is 0 Å². The zero-order chi connectivity index (χ0) is 15.0. The summed E-state index contributed by atoms with van der Waals surface area (Å²) in [5.41, 5.74) is 0. The molecule has 0 atom stereocenters. The summed E-state index contributed by atoms with van der Waals surface area (Å²) >= 11 is -0.373. The van der Waals surface area contributed by atoms with Crippen molar-refractivity contribution < 1.29 is 19.1 Å². The molecule has 0 spiro atoms. The number of carbonyl (C=O) groups is 2. The van der Waals surface area contributed by atoms with E-state index < -0.39 is 16.3 Å². The summed E-state index contributed by atoms with van der Waals surface area (Å²) < 4.78 is 10.0. The molecule has 1 aromatic carbocycles. The van der Waals surface area contributed by atoms with Crippen molar-refractivity contribution in [3.05, 3.63) is 30.3 Å². The number of hydrogen-bond donors (Lipinski definition) is 0.